The molecule has 0 bridgehead atoms. The van der Waals surface area contributed by atoms with Gasteiger partial charge in [-0.2, -0.15) is 0 Å². The predicted molar refractivity (Wildman–Crippen MR) is 91.0 cm³/mol. The first-order valence-electron chi connectivity index (χ1n) is 6.99. The number of benzene rings is 2. The number of rotatable bonds is 4. The van der Waals surface area contributed by atoms with Gasteiger partial charge in [0.1, 0.15) is 5.25 Å². The monoisotopic (exact) mass is 328 g/mol. The van der Waals surface area contributed by atoms with Crippen LogP contribution in [0.3, 0.4) is 0 Å². The third kappa shape index (κ3) is 2.85. The Kier molecular flexibility index (Phi) is 4.14. The van der Waals surface area contributed by atoms with Crippen LogP contribution in [0.2, 0.25) is 0 Å². The van der Waals surface area contributed by atoms with Gasteiger partial charge in [0.15, 0.2) is 9.84 Å². The van der Waals surface area contributed by atoms with Crippen LogP contribution in [0.4, 0.5) is 0 Å². The first-order valence-corrected chi connectivity index (χ1v) is 9.35. The molecule has 1 unspecified atom stereocenters. The van der Waals surface area contributed by atoms with Crippen molar-refractivity contribution in [1.29, 1.82) is 0 Å². The lowest BCUT2D eigenvalue weighted by molar-refractivity contribution is 0.589. The summed E-state index contributed by atoms with van der Waals surface area (Å²) in [7, 11) is -3.48. The van der Waals surface area contributed by atoms with Crippen molar-refractivity contribution >= 4 is 21.2 Å². The molecule has 0 amide bonds. The highest BCUT2D eigenvalue weighted by molar-refractivity contribution is 7.92. The first-order chi connectivity index (χ1) is 10.6. The molecule has 0 saturated heterocycles. The topological polar surface area (TPSA) is 34.1 Å². The van der Waals surface area contributed by atoms with Crippen LogP contribution in [0.15, 0.2) is 77.7 Å². The molecule has 1 aromatic heterocycles. The van der Waals surface area contributed by atoms with E-state index in [1.54, 1.807) is 24.3 Å². The summed E-state index contributed by atoms with van der Waals surface area (Å²) < 4.78 is 26.3. The largest absolute Gasteiger partial charge is 0.223 e. The molecule has 4 heteroatoms. The van der Waals surface area contributed by atoms with Gasteiger partial charge in [0, 0.05) is 9.75 Å². The molecule has 3 rings (SSSR count). The highest BCUT2D eigenvalue weighted by Crippen LogP contribution is 2.38. The van der Waals surface area contributed by atoms with Crippen LogP contribution < -0.4 is 0 Å². The lowest BCUT2D eigenvalue weighted by Gasteiger charge is -2.17. The third-order valence-corrected chi connectivity index (χ3v) is 6.79. The Morgan fingerprint density at radius 2 is 1.41 bits per heavy atom. The highest BCUT2D eigenvalue weighted by Gasteiger charge is 2.31. The standard InChI is InChI=1S/C18H16O2S2/c1-14-12-13-17(21-14)18(15-8-4-2-5-9-15)22(19,20)16-10-6-3-7-11-16/h2-13,18H,1H3. The van der Waals surface area contributed by atoms with Gasteiger partial charge in [-0.15, -0.1) is 11.3 Å². The quantitative estimate of drug-likeness (QED) is 0.700. The molecule has 0 aliphatic carbocycles. The average molecular weight is 328 g/mol. The van der Waals surface area contributed by atoms with E-state index in [4.69, 9.17) is 0 Å². The Hall–Kier alpha value is -1.91. The van der Waals surface area contributed by atoms with E-state index in [0.29, 0.717) is 4.90 Å². The van der Waals surface area contributed by atoms with Crippen LogP contribution >= 0.6 is 11.3 Å². The zero-order valence-corrected chi connectivity index (χ0v) is 13.8. The molecule has 0 saturated carbocycles. The normalized spacial score (nSPS) is 13.0. The number of hydrogen-bond acceptors (Lipinski definition) is 3. The Morgan fingerprint density at radius 1 is 0.818 bits per heavy atom. The Labute approximate surface area is 135 Å². The van der Waals surface area contributed by atoms with Gasteiger partial charge in [0.25, 0.3) is 0 Å². The van der Waals surface area contributed by atoms with Crippen molar-refractivity contribution < 1.29 is 8.42 Å². The van der Waals surface area contributed by atoms with E-state index in [-0.39, 0.29) is 0 Å². The maximum atomic E-state index is 13.1. The summed E-state index contributed by atoms with van der Waals surface area (Å²) in [4.78, 5) is 2.32. The summed E-state index contributed by atoms with van der Waals surface area (Å²) in [5.41, 5.74) is 0.799. The Bertz CT molecular complexity index is 850. The summed E-state index contributed by atoms with van der Waals surface area (Å²) in [6, 6.07) is 21.9. The lowest BCUT2D eigenvalue weighted by Crippen LogP contribution is -2.14. The van der Waals surface area contributed by atoms with E-state index >= 15 is 0 Å². The second kappa shape index (κ2) is 6.07. The second-order valence-corrected chi connectivity index (χ2v) is 8.45. The van der Waals surface area contributed by atoms with E-state index < -0.39 is 15.1 Å². The first kappa shape index (κ1) is 15.0. The summed E-state index contributed by atoms with van der Waals surface area (Å²) in [5, 5.41) is -0.658. The Balaban J connectivity index is 2.18. The zero-order valence-electron chi connectivity index (χ0n) is 12.1. The molecule has 0 aliphatic heterocycles. The van der Waals surface area contributed by atoms with Gasteiger partial charge >= 0.3 is 0 Å². The van der Waals surface area contributed by atoms with Crippen LogP contribution in [0.1, 0.15) is 20.6 Å². The van der Waals surface area contributed by atoms with E-state index in [2.05, 4.69) is 0 Å². The molecule has 3 aromatic rings. The van der Waals surface area contributed by atoms with Gasteiger partial charge in [-0.3, -0.25) is 0 Å². The van der Waals surface area contributed by atoms with Crippen molar-refractivity contribution in [2.45, 2.75) is 17.1 Å². The van der Waals surface area contributed by atoms with Crippen molar-refractivity contribution in [2.24, 2.45) is 0 Å². The predicted octanol–water partition coefficient (Wildman–Crippen LogP) is 4.62. The smallest absolute Gasteiger partial charge is 0.190 e. The van der Waals surface area contributed by atoms with E-state index in [0.717, 1.165) is 15.3 Å². The number of hydrogen-bond donors (Lipinski definition) is 0. The molecular formula is C18H16O2S2. The molecule has 112 valence electrons. The fourth-order valence-corrected chi connectivity index (χ4v) is 5.58. The van der Waals surface area contributed by atoms with Gasteiger partial charge in [0.2, 0.25) is 0 Å². The van der Waals surface area contributed by atoms with Crippen LogP contribution in [0, 0.1) is 6.92 Å². The number of sulfone groups is 1. The summed E-state index contributed by atoms with van der Waals surface area (Å²) >= 11 is 1.53. The minimum Gasteiger partial charge on any atom is -0.223 e. The van der Waals surface area contributed by atoms with Crippen LogP contribution in [0.5, 0.6) is 0 Å². The molecule has 2 nitrogen and oxygen atoms in total. The summed E-state index contributed by atoms with van der Waals surface area (Å²) in [5.74, 6) is 0. The molecule has 0 N–H and O–H groups in total. The summed E-state index contributed by atoms with van der Waals surface area (Å²) in [6.45, 7) is 1.99. The number of thiophene rings is 1. The van der Waals surface area contributed by atoms with Crippen molar-refractivity contribution in [3.05, 3.63) is 88.1 Å². The molecule has 0 spiro atoms. The third-order valence-electron chi connectivity index (χ3n) is 3.50. The minimum absolute atomic E-state index is 0.356. The van der Waals surface area contributed by atoms with Crippen molar-refractivity contribution in [1.82, 2.24) is 0 Å². The van der Waals surface area contributed by atoms with Crippen molar-refractivity contribution in [3.63, 3.8) is 0 Å². The molecule has 1 atom stereocenters. The van der Waals surface area contributed by atoms with Gasteiger partial charge in [-0.05, 0) is 36.8 Å². The molecule has 2 aromatic carbocycles. The average Bonchev–Trinajstić information content (AvgIpc) is 2.95. The number of aryl methyl sites for hydroxylation is 1. The SMILES string of the molecule is Cc1ccc(C(c2ccccc2)S(=O)(=O)c2ccccc2)s1. The maximum absolute atomic E-state index is 13.1. The van der Waals surface area contributed by atoms with Crippen molar-refractivity contribution in [2.75, 3.05) is 0 Å². The maximum Gasteiger partial charge on any atom is 0.190 e. The molecule has 0 radical (unpaired) electrons. The fraction of sp³-hybridized carbons (Fsp3) is 0.111. The van der Waals surface area contributed by atoms with E-state index in [1.165, 1.54) is 11.3 Å². The van der Waals surface area contributed by atoms with Crippen molar-refractivity contribution in [3.8, 4) is 0 Å². The zero-order chi connectivity index (χ0) is 15.6. The molecule has 0 fully saturated rings. The van der Waals surface area contributed by atoms with Crippen LogP contribution in [0.25, 0.3) is 0 Å². The molecular weight excluding hydrogens is 312 g/mol. The minimum atomic E-state index is -3.48. The lowest BCUT2D eigenvalue weighted by atomic mass is 10.1. The highest BCUT2D eigenvalue weighted by atomic mass is 32.2. The van der Waals surface area contributed by atoms with Crippen LogP contribution in [-0.4, -0.2) is 8.42 Å². The van der Waals surface area contributed by atoms with Gasteiger partial charge < -0.3 is 0 Å². The summed E-state index contributed by atoms with van der Waals surface area (Å²) in [6.07, 6.45) is 0. The van der Waals surface area contributed by atoms with Gasteiger partial charge in [-0.25, -0.2) is 8.42 Å². The van der Waals surface area contributed by atoms with E-state index in [1.807, 2.05) is 55.5 Å². The second-order valence-electron chi connectivity index (χ2n) is 5.10. The van der Waals surface area contributed by atoms with E-state index in [9.17, 15) is 8.42 Å². The van der Waals surface area contributed by atoms with Gasteiger partial charge in [-0.1, -0.05) is 48.5 Å². The van der Waals surface area contributed by atoms with Gasteiger partial charge in [0.05, 0.1) is 4.90 Å². The molecule has 1 heterocycles. The molecule has 0 aliphatic rings. The van der Waals surface area contributed by atoms with Crippen LogP contribution in [-0.2, 0) is 9.84 Å². The fourth-order valence-electron chi connectivity index (χ4n) is 2.46. The Morgan fingerprint density at radius 3 is 1.95 bits per heavy atom. The molecule has 22 heavy (non-hydrogen) atoms.